The quantitative estimate of drug-likeness (QED) is 0.756. The second kappa shape index (κ2) is 6.85. The lowest BCUT2D eigenvalue weighted by atomic mass is 10.2. The summed E-state index contributed by atoms with van der Waals surface area (Å²) < 4.78 is 23.0. The van der Waals surface area contributed by atoms with Gasteiger partial charge in [-0.15, -0.1) is 0 Å². The summed E-state index contributed by atoms with van der Waals surface area (Å²) in [6.07, 6.45) is 0. The zero-order chi connectivity index (χ0) is 14.6. The summed E-state index contributed by atoms with van der Waals surface area (Å²) in [5.74, 6) is 0.0665. The SMILES string of the molecule is CC(C)CNC(=O)c1cccc(S(=O)(=O)C(Br)Br)c1. The second-order valence-corrected chi connectivity index (χ2v) is 10.7. The van der Waals surface area contributed by atoms with Gasteiger partial charge in [0.1, 0.15) is 0 Å². The van der Waals surface area contributed by atoms with E-state index < -0.39 is 12.9 Å². The molecule has 1 N–H and O–H groups in total. The van der Waals surface area contributed by atoms with E-state index in [1.165, 1.54) is 12.1 Å². The van der Waals surface area contributed by atoms with Crippen LogP contribution in [0, 0.1) is 5.92 Å². The summed E-state index contributed by atoms with van der Waals surface area (Å²) >= 11 is 5.94. The van der Waals surface area contributed by atoms with Crippen LogP contribution in [0.3, 0.4) is 0 Å². The van der Waals surface area contributed by atoms with Crippen LogP contribution in [0.4, 0.5) is 0 Å². The molecule has 0 radical (unpaired) electrons. The van der Waals surface area contributed by atoms with E-state index in [1.54, 1.807) is 12.1 Å². The topological polar surface area (TPSA) is 63.2 Å². The van der Waals surface area contributed by atoms with Crippen LogP contribution in [0.25, 0.3) is 0 Å². The van der Waals surface area contributed by atoms with Gasteiger partial charge < -0.3 is 5.32 Å². The van der Waals surface area contributed by atoms with Crippen LogP contribution in [0.5, 0.6) is 0 Å². The fraction of sp³-hybridized carbons (Fsp3) is 0.417. The predicted molar refractivity (Wildman–Crippen MR) is 82.4 cm³/mol. The van der Waals surface area contributed by atoms with E-state index in [0.717, 1.165) is 0 Å². The predicted octanol–water partition coefficient (Wildman–Crippen LogP) is 2.92. The Bertz CT molecular complexity index is 556. The van der Waals surface area contributed by atoms with Crippen LogP contribution in [-0.4, -0.2) is 23.9 Å². The molecular formula is C12H15Br2NO3S. The first kappa shape index (κ1) is 16.7. The van der Waals surface area contributed by atoms with E-state index >= 15 is 0 Å². The number of amides is 1. The number of hydrogen-bond acceptors (Lipinski definition) is 3. The van der Waals surface area contributed by atoms with Gasteiger partial charge in [-0.25, -0.2) is 8.42 Å². The van der Waals surface area contributed by atoms with Gasteiger partial charge >= 0.3 is 0 Å². The van der Waals surface area contributed by atoms with Gasteiger partial charge in [-0.1, -0.05) is 51.8 Å². The molecule has 7 heteroatoms. The van der Waals surface area contributed by atoms with Crippen molar-refractivity contribution in [1.29, 1.82) is 0 Å². The smallest absolute Gasteiger partial charge is 0.251 e. The molecular weight excluding hydrogens is 398 g/mol. The summed E-state index contributed by atoms with van der Waals surface area (Å²) in [6, 6.07) is 5.98. The number of rotatable bonds is 5. The lowest BCUT2D eigenvalue weighted by Crippen LogP contribution is -2.27. The molecule has 0 spiro atoms. The molecule has 106 valence electrons. The molecule has 0 saturated heterocycles. The van der Waals surface area contributed by atoms with Gasteiger partial charge in [0.05, 0.1) is 4.90 Å². The Hall–Kier alpha value is -0.400. The van der Waals surface area contributed by atoms with Crippen molar-refractivity contribution < 1.29 is 13.2 Å². The van der Waals surface area contributed by atoms with Gasteiger partial charge in [-0.05, 0) is 24.1 Å². The molecule has 1 rings (SSSR count). The minimum absolute atomic E-state index is 0.100. The molecule has 0 aromatic heterocycles. The molecule has 0 aliphatic heterocycles. The van der Waals surface area contributed by atoms with Crippen LogP contribution < -0.4 is 5.32 Å². The van der Waals surface area contributed by atoms with Gasteiger partial charge in [0.2, 0.25) is 9.84 Å². The Kier molecular flexibility index (Phi) is 6.01. The first-order valence-electron chi connectivity index (χ1n) is 5.65. The number of carbonyl (C=O) groups is 1. The normalized spacial score (nSPS) is 11.9. The molecule has 1 amide bonds. The lowest BCUT2D eigenvalue weighted by molar-refractivity contribution is 0.0949. The molecule has 0 bridgehead atoms. The zero-order valence-electron chi connectivity index (χ0n) is 10.6. The summed E-state index contributed by atoms with van der Waals surface area (Å²) in [5.41, 5.74) is 0.336. The number of sulfone groups is 1. The van der Waals surface area contributed by atoms with Gasteiger partial charge in [0.15, 0.2) is 3.07 Å². The van der Waals surface area contributed by atoms with Crippen molar-refractivity contribution in [3.05, 3.63) is 29.8 Å². The summed E-state index contributed by atoms with van der Waals surface area (Å²) in [5, 5.41) is 2.75. The van der Waals surface area contributed by atoms with Crippen LogP contribution in [0.15, 0.2) is 29.2 Å². The van der Waals surface area contributed by atoms with Crippen molar-refractivity contribution in [2.24, 2.45) is 5.92 Å². The standard InChI is InChI=1S/C12H15Br2NO3S/c1-8(2)7-15-11(16)9-4-3-5-10(6-9)19(17,18)12(13)14/h3-6,8,12H,7H2,1-2H3,(H,15,16). The average Bonchev–Trinajstić information content (AvgIpc) is 2.35. The maximum Gasteiger partial charge on any atom is 0.251 e. The Labute approximate surface area is 130 Å². The largest absolute Gasteiger partial charge is 0.352 e. The summed E-state index contributed by atoms with van der Waals surface area (Å²) in [4.78, 5) is 12.0. The third-order valence-corrected chi connectivity index (χ3v) is 6.66. The van der Waals surface area contributed by atoms with Crippen LogP contribution in [0.1, 0.15) is 24.2 Å². The van der Waals surface area contributed by atoms with E-state index in [-0.39, 0.29) is 10.8 Å². The highest BCUT2D eigenvalue weighted by molar-refractivity contribution is 9.27. The van der Waals surface area contributed by atoms with Gasteiger partial charge in [-0.3, -0.25) is 4.79 Å². The van der Waals surface area contributed by atoms with E-state index in [2.05, 4.69) is 37.2 Å². The molecule has 19 heavy (non-hydrogen) atoms. The number of hydrogen-bond donors (Lipinski definition) is 1. The number of carbonyl (C=O) groups excluding carboxylic acids is 1. The van der Waals surface area contributed by atoms with E-state index in [0.29, 0.717) is 18.0 Å². The Morgan fingerprint density at radius 3 is 2.47 bits per heavy atom. The molecule has 0 fully saturated rings. The van der Waals surface area contributed by atoms with Crippen LogP contribution >= 0.6 is 31.9 Å². The van der Waals surface area contributed by atoms with E-state index in [9.17, 15) is 13.2 Å². The van der Waals surface area contributed by atoms with Crippen LogP contribution in [0.2, 0.25) is 0 Å². The highest BCUT2D eigenvalue weighted by Gasteiger charge is 2.23. The molecule has 1 aromatic rings. The molecule has 1 aromatic carbocycles. The third kappa shape index (κ3) is 4.57. The maximum atomic E-state index is 11.9. The van der Waals surface area contributed by atoms with Crippen molar-refractivity contribution in [3.8, 4) is 0 Å². The number of alkyl halides is 2. The third-order valence-electron chi connectivity index (χ3n) is 2.33. The van der Waals surface area contributed by atoms with Crippen molar-refractivity contribution in [3.63, 3.8) is 0 Å². The molecule has 0 unspecified atom stereocenters. The zero-order valence-corrected chi connectivity index (χ0v) is 14.5. The van der Waals surface area contributed by atoms with Crippen molar-refractivity contribution >= 4 is 47.6 Å². The summed E-state index contributed by atoms with van der Waals surface area (Å²) in [6.45, 7) is 4.53. The highest BCUT2D eigenvalue weighted by atomic mass is 79.9. The molecule has 0 aliphatic carbocycles. The monoisotopic (exact) mass is 411 g/mol. The fourth-order valence-corrected chi connectivity index (χ4v) is 3.38. The first-order valence-corrected chi connectivity index (χ1v) is 9.03. The van der Waals surface area contributed by atoms with Crippen molar-refractivity contribution in [2.75, 3.05) is 6.54 Å². The average molecular weight is 413 g/mol. The maximum absolute atomic E-state index is 11.9. The van der Waals surface area contributed by atoms with Gasteiger partial charge in [-0.2, -0.15) is 0 Å². The number of benzene rings is 1. The lowest BCUT2D eigenvalue weighted by Gasteiger charge is -2.09. The molecule has 0 atom stereocenters. The Morgan fingerprint density at radius 1 is 1.32 bits per heavy atom. The molecule has 0 aliphatic rings. The Balaban J connectivity index is 2.98. The molecule has 0 heterocycles. The van der Waals surface area contributed by atoms with E-state index in [4.69, 9.17) is 0 Å². The van der Waals surface area contributed by atoms with Crippen LogP contribution in [-0.2, 0) is 9.84 Å². The molecule has 4 nitrogen and oxygen atoms in total. The fourth-order valence-electron chi connectivity index (χ4n) is 1.32. The minimum Gasteiger partial charge on any atom is -0.352 e. The van der Waals surface area contributed by atoms with E-state index in [1.807, 2.05) is 13.8 Å². The Morgan fingerprint density at radius 2 is 1.95 bits per heavy atom. The van der Waals surface area contributed by atoms with Crippen molar-refractivity contribution in [2.45, 2.75) is 21.8 Å². The second-order valence-electron chi connectivity index (χ2n) is 4.44. The van der Waals surface area contributed by atoms with Crippen molar-refractivity contribution in [1.82, 2.24) is 5.32 Å². The highest BCUT2D eigenvalue weighted by Crippen LogP contribution is 2.25. The van der Waals surface area contributed by atoms with Gasteiger partial charge in [0.25, 0.3) is 5.91 Å². The van der Waals surface area contributed by atoms with Gasteiger partial charge in [0, 0.05) is 12.1 Å². The first-order chi connectivity index (χ1) is 8.75. The number of nitrogens with one attached hydrogen (secondary N) is 1. The number of halogens is 2. The summed E-state index contributed by atoms with van der Waals surface area (Å²) in [7, 11) is -3.51. The molecule has 0 saturated carbocycles. The minimum atomic E-state index is -3.51.